The van der Waals surface area contributed by atoms with Gasteiger partial charge in [0.15, 0.2) is 0 Å². The molecule has 22 heavy (non-hydrogen) atoms. The summed E-state index contributed by atoms with van der Waals surface area (Å²) < 4.78 is 5.34. The Labute approximate surface area is 133 Å². The maximum absolute atomic E-state index is 12.1. The van der Waals surface area contributed by atoms with Crippen LogP contribution >= 0.6 is 0 Å². The minimum Gasteiger partial charge on any atom is -0.381 e. The second-order valence-corrected chi connectivity index (χ2v) is 6.76. The van der Waals surface area contributed by atoms with Crippen molar-refractivity contribution in [3.8, 4) is 0 Å². The first-order chi connectivity index (χ1) is 10.8. The number of hydrogen-bond acceptors (Lipinski definition) is 2. The molecule has 0 unspecified atom stereocenters. The lowest BCUT2D eigenvalue weighted by atomic mass is 9.84. The molecule has 1 saturated heterocycles. The molecule has 0 spiro atoms. The molecular weight excluding hydrogens is 274 g/mol. The summed E-state index contributed by atoms with van der Waals surface area (Å²) in [4.78, 5) is 12.1. The van der Waals surface area contributed by atoms with Gasteiger partial charge in [0.1, 0.15) is 0 Å². The predicted octanol–water partition coefficient (Wildman–Crippen LogP) is 4.49. The minimum absolute atomic E-state index is 0.136. The molecule has 0 aromatic heterocycles. The summed E-state index contributed by atoms with van der Waals surface area (Å²) in [7, 11) is 0. The predicted molar refractivity (Wildman–Crippen MR) is 89.1 cm³/mol. The Morgan fingerprint density at radius 2 is 1.68 bits per heavy atom. The maximum atomic E-state index is 12.1. The van der Waals surface area contributed by atoms with Crippen molar-refractivity contribution in [2.75, 3.05) is 18.5 Å². The summed E-state index contributed by atoms with van der Waals surface area (Å²) in [5.41, 5.74) is 2.36. The highest BCUT2D eigenvalue weighted by Crippen LogP contribution is 2.33. The van der Waals surface area contributed by atoms with Crippen molar-refractivity contribution in [1.82, 2.24) is 0 Å². The van der Waals surface area contributed by atoms with Gasteiger partial charge in [0.25, 0.3) is 0 Å². The lowest BCUT2D eigenvalue weighted by Gasteiger charge is -2.22. The van der Waals surface area contributed by atoms with E-state index >= 15 is 0 Å². The van der Waals surface area contributed by atoms with E-state index in [0.29, 0.717) is 12.3 Å². The fraction of sp³-hybridized carbons (Fsp3) is 0.632. The van der Waals surface area contributed by atoms with Crippen molar-refractivity contribution in [3.63, 3.8) is 0 Å². The lowest BCUT2D eigenvalue weighted by molar-refractivity contribution is -0.117. The minimum atomic E-state index is 0.136. The number of ether oxygens (including phenoxy) is 1. The Morgan fingerprint density at radius 1 is 1.00 bits per heavy atom. The summed E-state index contributed by atoms with van der Waals surface area (Å²) in [6, 6.07) is 8.51. The van der Waals surface area contributed by atoms with Gasteiger partial charge in [0, 0.05) is 25.3 Å². The molecule has 3 nitrogen and oxygen atoms in total. The molecule has 1 N–H and O–H groups in total. The van der Waals surface area contributed by atoms with Crippen molar-refractivity contribution in [3.05, 3.63) is 29.8 Å². The molecule has 0 radical (unpaired) electrons. The van der Waals surface area contributed by atoms with E-state index in [0.717, 1.165) is 37.7 Å². The van der Waals surface area contributed by atoms with E-state index < -0.39 is 0 Å². The van der Waals surface area contributed by atoms with Crippen molar-refractivity contribution >= 4 is 11.6 Å². The third-order valence-electron chi connectivity index (χ3n) is 5.09. The molecule has 3 heteroatoms. The second-order valence-electron chi connectivity index (χ2n) is 6.76. The van der Waals surface area contributed by atoms with Crippen LogP contribution in [0.1, 0.15) is 62.8 Å². The topological polar surface area (TPSA) is 38.3 Å². The first-order valence-electron chi connectivity index (χ1n) is 8.79. The molecule has 1 amide bonds. The highest BCUT2D eigenvalue weighted by molar-refractivity contribution is 5.90. The van der Waals surface area contributed by atoms with Gasteiger partial charge >= 0.3 is 0 Å². The first kappa shape index (κ1) is 15.5. The molecule has 0 atom stereocenters. The van der Waals surface area contributed by atoms with Gasteiger partial charge in [-0.25, -0.2) is 0 Å². The van der Waals surface area contributed by atoms with Crippen LogP contribution < -0.4 is 5.32 Å². The first-order valence-corrected chi connectivity index (χ1v) is 8.79. The number of benzene rings is 1. The smallest absolute Gasteiger partial charge is 0.224 e. The number of amides is 1. The zero-order valence-corrected chi connectivity index (χ0v) is 13.4. The van der Waals surface area contributed by atoms with Crippen LogP contribution in [0.3, 0.4) is 0 Å². The fourth-order valence-corrected chi connectivity index (χ4v) is 3.70. The molecule has 1 heterocycles. The molecule has 1 aliphatic heterocycles. The Bertz CT molecular complexity index is 471. The van der Waals surface area contributed by atoms with E-state index in [1.54, 1.807) is 0 Å². The van der Waals surface area contributed by atoms with Crippen LogP contribution in [0.15, 0.2) is 24.3 Å². The van der Waals surface area contributed by atoms with E-state index in [1.165, 1.54) is 37.7 Å². The number of carbonyl (C=O) groups is 1. The molecule has 0 bridgehead atoms. The van der Waals surface area contributed by atoms with Crippen LogP contribution in [-0.4, -0.2) is 19.1 Å². The van der Waals surface area contributed by atoms with Crippen molar-refractivity contribution in [1.29, 1.82) is 0 Å². The number of nitrogens with one attached hydrogen (secondary N) is 1. The number of hydrogen-bond donors (Lipinski definition) is 1. The van der Waals surface area contributed by atoms with Crippen LogP contribution in [0.4, 0.5) is 5.69 Å². The Kier molecular flexibility index (Phi) is 5.49. The highest BCUT2D eigenvalue weighted by atomic mass is 16.5. The van der Waals surface area contributed by atoms with Gasteiger partial charge in [-0.15, -0.1) is 0 Å². The molecule has 2 fully saturated rings. The van der Waals surface area contributed by atoms with E-state index in [1.807, 2.05) is 0 Å². The average molecular weight is 301 g/mol. The summed E-state index contributed by atoms with van der Waals surface area (Å²) in [5, 5.41) is 3.04. The molecule has 1 saturated carbocycles. The van der Waals surface area contributed by atoms with Crippen molar-refractivity contribution < 1.29 is 9.53 Å². The zero-order valence-electron chi connectivity index (χ0n) is 13.4. The summed E-state index contributed by atoms with van der Waals surface area (Å²) in [6.45, 7) is 1.60. The molecule has 2 aliphatic rings. The SMILES string of the molecule is O=C(CC1CCOCC1)Nc1ccc(C2CCCCC2)cc1. The van der Waals surface area contributed by atoms with Gasteiger partial charge in [-0.1, -0.05) is 31.4 Å². The monoisotopic (exact) mass is 301 g/mol. The Morgan fingerprint density at radius 3 is 2.36 bits per heavy atom. The normalized spacial score (nSPS) is 20.7. The highest BCUT2D eigenvalue weighted by Gasteiger charge is 2.18. The fourth-order valence-electron chi connectivity index (χ4n) is 3.70. The van der Waals surface area contributed by atoms with Crippen LogP contribution in [-0.2, 0) is 9.53 Å². The molecule has 1 aromatic rings. The van der Waals surface area contributed by atoms with Crippen LogP contribution in [0, 0.1) is 5.92 Å². The third-order valence-corrected chi connectivity index (χ3v) is 5.09. The Balaban J connectivity index is 1.50. The largest absolute Gasteiger partial charge is 0.381 e. The molecule has 1 aliphatic carbocycles. The maximum Gasteiger partial charge on any atom is 0.224 e. The quantitative estimate of drug-likeness (QED) is 0.890. The van der Waals surface area contributed by atoms with Gasteiger partial charge in [-0.05, 0) is 55.2 Å². The third kappa shape index (κ3) is 4.33. The van der Waals surface area contributed by atoms with E-state index in [4.69, 9.17) is 4.74 Å². The van der Waals surface area contributed by atoms with Gasteiger partial charge in [0.05, 0.1) is 0 Å². The number of carbonyl (C=O) groups excluding carboxylic acids is 1. The summed E-state index contributed by atoms with van der Waals surface area (Å²) in [5.74, 6) is 1.34. The van der Waals surface area contributed by atoms with Crippen LogP contribution in [0.25, 0.3) is 0 Å². The molecule has 120 valence electrons. The Hall–Kier alpha value is -1.35. The van der Waals surface area contributed by atoms with Crippen molar-refractivity contribution in [2.24, 2.45) is 5.92 Å². The molecule has 3 rings (SSSR count). The standard InChI is InChI=1S/C19H27NO2/c21-19(14-15-10-12-22-13-11-15)20-18-8-6-17(7-9-18)16-4-2-1-3-5-16/h6-9,15-16H,1-5,10-14H2,(H,20,21). The zero-order chi connectivity index (χ0) is 15.2. The van der Waals surface area contributed by atoms with Gasteiger partial charge < -0.3 is 10.1 Å². The summed E-state index contributed by atoms with van der Waals surface area (Å²) >= 11 is 0. The number of rotatable bonds is 4. The van der Waals surface area contributed by atoms with Crippen LogP contribution in [0.5, 0.6) is 0 Å². The van der Waals surface area contributed by atoms with Gasteiger partial charge in [-0.2, -0.15) is 0 Å². The molecule has 1 aromatic carbocycles. The average Bonchev–Trinajstić information content (AvgIpc) is 2.57. The second kappa shape index (κ2) is 7.77. The van der Waals surface area contributed by atoms with Gasteiger partial charge in [-0.3, -0.25) is 4.79 Å². The van der Waals surface area contributed by atoms with E-state index in [2.05, 4.69) is 29.6 Å². The van der Waals surface area contributed by atoms with Crippen molar-refractivity contribution in [2.45, 2.75) is 57.3 Å². The molecular formula is C19H27NO2. The lowest BCUT2D eigenvalue weighted by Crippen LogP contribution is -2.22. The van der Waals surface area contributed by atoms with E-state index in [-0.39, 0.29) is 5.91 Å². The van der Waals surface area contributed by atoms with Gasteiger partial charge in [0.2, 0.25) is 5.91 Å². The van der Waals surface area contributed by atoms with Crippen LogP contribution in [0.2, 0.25) is 0 Å². The summed E-state index contributed by atoms with van der Waals surface area (Å²) in [6.07, 6.45) is 9.36. The number of anilines is 1. The van der Waals surface area contributed by atoms with E-state index in [9.17, 15) is 4.79 Å².